The molecule has 0 heterocycles. The Labute approximate surface area is 168 Å². The lowest BCUT2D eigenvalue weighted by molar-refractivity contribution is -0.227. The summed E-state index contributed by atoms with van der Waals surface area (Å²) in [5, 5.41) is 8.36. The Bertz CT molecular complexity index is 861. The van der Waals surface area contributed by atoms with Crippen molar-refractivity contribution >= 4 is 35.1 Å². The third kappa shape index (κ3) is 5.93. The van der Waals surface area contributed by atoms with E-state index in [9.17, 15) is 18.0 Å². The minimum atomic E-state index is -5.20. The molecule has 2 rings (SSSR count). The molecular formula is C17H14Cl2F3N3O3. The maximum atomic E-state index is 12.3. The Kier molecular flexibility index (Phi) is 6.98. The lowest BCUT2D eigenvalue weighted by Gasteiger charge is -2.21. The van der Waals surface area contributed by atoms with Crippen molar-refractivity contribution in [1.82, 2.24) is 5.06 Å². The van der Waals surface area contributed by atoms with E-state index in [0.29, 0.717) is 32.0 Å². The highest BCUT2D eigenvalue weighted by Crippen LogP contribution is 2.26. The summed E-state index contributed by atoms with van der Waals surface area (Å²) in [4.78, 5) is 15.0. The van der Waals surface area contributed by atoms with E-state index in [2.05, 4.69) is 4.84 Å². The van der Waals surface area contributed by atoms with Crippen molar-refractivity contribution in [2.75, 3.05) is 0 Å². The number of nitrogens with two attached hydrogens (primary N) is 1. The third-order valence-electron chi connectivity index (χ3n) is 3.37. The summed E-state index contributed by atoms with van der Waals surface area (Å²) < 4.78 is 42.5. The number of carbonyl (C=O) groups is 1. The summed E-state index contributed by atoms with van der Waals surface area (Å²) in [5.74, 6) is -2.86. The van der Waals surface area contributed by atoms with Gasteiger partial charge in [0.15, 0.2) is 0 Å². The maximum Gasteiger partial charge on any atom is 0.493 e. The van der Waals surface area contributed by atoms with Gasteiger partial charge in [0.2, 0.25) is 5.96 Å². The van der Waals surface area contributed by atoms with E-state index in [1.807, 2.05) is 0 Å². The monoisotopic (exact) mass is 435 g/mol. The van der Waals surface area contributed by atoms with Gasteiger partial charge >= 0.3 is 12.1 Å². The van der Waals surface area contributed by atoms with Gasteiger partial charge < -0.3 is 15.3 Å². The van der Waals surface area contributed by atoms with Crippen LogP contribution >= 0.6 is 23.2 Å². The molecule has 3 N–H and O–H groups in total. The maximum absolute atomic E-state index is 12.3. The van der Waals surface area contributed by atoms with Crippen LogP contribution in [-0.4, -0.2) is 23.2 Å². The second-order valence-electron chi connectivity index (χ2n) is 5.44. The van der Waals surface area contributed by atoms with Crippen LogP contribution in [0.15, 0.2) is 42.5 Å². The molecule has 0 saturated heterocycles. The van der Waals surface area contributed by atoms with E-state index in [1.54, 1.807) is 30.3 Å². The molecule has 2 aromatic carbocycles. The predicted molar refractivity (Wildman–Crippen MR) is 96.8 cm³/mol. The molecule has 28 heavy (non-hydrogen) atoms. The number of guanidine groups is 1. The summed E-state index contributed by atoms with van der Waals surface area (Å²) in [6, 6.07) is 11.3. The molecule has 11 heteroatoms. The lowest BCUT2D eigenvalue weighted by Crippen LogP contribution is -2.41. The van der Waals surface area contributed by atoms with Crippen molar-refractivity contribution in [3.63, 3.8) is 0 Å². The van der Waals surface area contributed by atoms with Gasteiger partial charge in [0.05, 0.1) is 16.6 Å². The molecule has 0 unspecified atom stereocenters. The van der Waals surface area contributed by atoms with Crippen molar-refractivity contribution in [2.24, 2.45) is 5.73 Å². The Balaban J connectivity index is 1.99. The zero-order valence-electron chi connectivity index (χ0n) is 14.1. The highest BCUT2D eigenvalue weighted by atomic mass is 35.5. The van der Waals surface area contributed by atoms with Crippen molar-refractivity contribution in [2.45, 2.75) is 19.3 Å². The average Bonchev–Trinajstić information content (AvgIpc) is 2.62. The van der Waals surface area contributed by atoms with Gasteiger partial charge in [0.25, 0.3) is 0 Å². The van der Waals surface area contributed by atoms with Crippen molar-refractivity contribution in [3.8, 4) is 5.75 Å². The SMILES string of the molecule is N=C(N)N(Cc1ccc(OCc2cccc(Cl)c2Cl)cc1)OC(=O)C(F)(F)F. The van der Waals surface area contributed by atoms with Gasteiger partial charge in [0.1, 0.15) is 12.4 Å². The van der Waals surface area contributed by atoms with Gasteiger partial charge in [-0.3, -0.25) is 5.41 Å². The minimum absolute atomic E-state index is 0.154. The standard InChI is InChI=1S/C17H14Cl2F3N3O3/c18-13-3-1-2-11(14(13)19)9-27-12-6-4-10(5-7-12)8-25(16(23)24)28-15(26)17(20,21)22/h1-7H,8-9H2,(H3,23,24). The molecule has 0 aliphatic rings. The van der Waals surface area contributed by atoms with E-state index in [0.717, 1.165) is 0 Å². The quantitative estimate of drug-likeness (QED) is 0.415. The van der Waals surface area contributed by atoms with Crippen LogP contribution in [0.2, 0.25) is 10.0 Å². The summed E-state index contributed by atoms with van der Waals surface area (Å²) in [7, 11) is 0. The molecule has 0 bridgehead atoms. The Morgan fingerprint density at radius 2 is 1.79 bits per heavy atom. The highest BCUT2D eigenvalue weighted by Gasteiger charge is 2.43. The molecule has 150 valence electrons. The number of nitrogens with zero attached hydrogens (tertiary/aromatic N) is 1. The van der Waals surface area contributed by atoms with Gasteiger partial charge in [-0.2, -0.15) is 18.2 Å². The number of alkyl halides is 3. The van der Waals surface area contributed by atoms with Gasteiger partial charge in [-0.15, -0.1) is 0 Å². The van der Waals surface area contributed by atoms with Crippen LogP contribution in [0.5, 0.6) is 5.75 Å². The normalized spacial score (nSPS) is 11.0. The fourth-order valence-corrected chi connectivity index (χ4v) is 2.37. The molecule has 0 radical (unpaired) electrons. The zero-order chi connectivity index (χ0) is 20.9. The van der Waals surface area contributed by atoms with Gasteiger partial charge in [-0.05, 0) is 23.8 Å². The molecule has 0 atom stereocenters. The van der Waals surface area contributed by atoms with E-state index < -0.39 is 18.1 Å². The van der Waals surface area contributed by atoms with Gasteiger partial charge in [0, 0.05) is 5.56 Å². The summed E-state index contributed by atoms with van der Waals surface area (Å²) in [6.45, 7) is -0.195. The first-order valence-corrected chi connectivity index (χ1v) is 8.39. The number of ether oxygens (including phenoxy) is 1. The van der Waals surface area contributed by atoms with Crippen molar-refractivity contribution in [1.29, 1.82) is 5.41 Å². The molecule has 6 nitrogen and oxygen atoms in total. The van der Waals surface area contributed by atoms with E-state index >= 15 is 0 Å². The minimum Gasteiger partial charge on any atom is -0.489 e. The topological polar surface area (TPSA) is 88.6 Å². The molecule has 0 amide bonds. The Hall–Kier alpha value is -2.65. The molecule has 0 aliphatic heterocycles. The number of hydrogen-bond acceptors (Lipinski definition) is 4. The summed E-state index contributed by atoms with van der Waals surface area (Å²) >= 11 is 12.0. The van der Waals surface area contributed by atoms with Crippen LogP contribution in [0.1, 0.15) is 11.1 Å². The summed E-state index contributed by atoms with van der Waals surface area (Å²) in [5.41, 5.74) is 6.27. The fourth-order valence-electron chi connectivity index (χ4n) is 2.00. The second kappa shape index (κ2) is 9.03. The lowest BCUT2D eigenvalue weighted by atomic mass is 10.2. The Morgan fingerprint density at radius 3 is 2.36 bits per heavy atom. The van der Waals surface area contributed by atoms with Gasteiger partial charge in [-0.1, -0.05) is 47.5 Å². The number of hydroxylamine groups is 2. The van der Waals surface area contributed by atoms with Crippen LogP contribution in [0, 0.1) is 5.41 Å². The molecular weight excluding hydrogens is 422 g/mol. The first-order chi connectivity index (χ1) is 13.1. The number of rotatable bonds is 5. The first kappa shape index (κ1) is 21.6. The van der Waals surface area contributed by atoms with Crippen LogP contribution in [0.3, 0.4) is 0 Å². The largest absolute Gasteiger partial charge is 0.493 e. The zero-order valence-corrected chi connectivity index (χ0v) is 15.6. The molecule has 0 aromatic heterocycles. The average molecular weight is 436 g/mol. The number of halogens is 5. The molecule has 0 spiro atoms. The van der Waals surface area contributed by atoms with E-state index in [-0.39, 0.29) is 13.2 Å². The Morgan fingerprint density at radius 1 is 1.14 bits per heavy atom. The molecule has 0 aliphatic carbocycles. The first-order valence-electron chi connectivity index (χ1n) is 7.63. The predicted octanol–water partition coefficient (Wildman–Crippen LogP) is 4.29. The number of nitrogens with one attached hydrogen (secondary N) is 1. The van der Waals surface area contributed by atoms with E-state index in [1.165, 1.54) is 12.1 Å². The van der Waals surface area contributed by atoms with Crippen LogP contribution in [0.4, 0.5) is 13.2 Å². The van der Waals surface area contributed by atoms with Crippen LogP contribution < -0.4 is 10.5 Å². The molecule has 2 aromatic rings. The third-order valence-corrected chi connectivity index (χ3v) is 4.23. The van der Waals surface area contributed by atoms with Crippen LogP contribution in [0.25, 0.3) is 0 Å². The number of benzene rings is 2. The highest BCUT2D eigenvalue weighted by molar-refractivity contribution is 6.42. The fraction of sp³-hybridized carbons (Fsp3) is 0.176. The molecule has 0 fully saturated rings. The van der Waals surface area contributed by atoms with Crippen molar-refractivity contribution < 1.29 is 27.5 Å². The number of hydrogen-bond donors (Lipinski definition) is 2. The smallest absolute Gasteiger partial charge is 0.489 e. The second-order valence-corrected chi connectivity index (χ2v) is 6.23. The van der Waals surface area contributed by atoms with Crippen LogP contribution in [-0.2, 0) is 22.8 Å². The molecule has 0 saturated carbocycles. The van der Waals surface area contributed by atoms with Crippen molar-refractivity contribution in [3.05, 3.63) is 63.6 Å². The van der Waals surface area contributed by atoms with Gasteiger partial charge in [-0.25, -0.2) is 4.79 Å². The van der Waals surface area contributed by atoms with E-state index in [4.69, 9.17) is 39.1 Å². The summed E-state index contributed by atoms with van der Waals surface area (Å²) in [6.07, 6.45) is -5.20. The number of carbonyl (C=O) groups excluding carboxylic acids is 1.